The molecule has 2 aliphatic rings. The van der Waals surface area contributed by atoms with Crippen molar-refractivity contribution >= 4 is 18.2 Å². The molecule has 4 nitrogen and oxygen atoms in total. The fraction of sp³-hybridized carbons (Fsp3) is 0.800. The van der Waals surface area contributed by atoms with Crippen molar-refractivity contribution in [1.82, 2.24) is 14.8 Å². The first-order valence-electron chi connectivity index (χ1n) is 5.64. The van der Waals surface area contributed by atoms with Gasteiger partial charge in [0, 0.05) is 6.54 Å². The monoisotopic (exact) mass is 224 g/mol. The second kappa shape index (κ2) is 3.33. The van der Waals surface area contributed by atoms with Gasteiger partial charge in [-0.2, -0.15) is 0 Å². The summed E-state index contributed by atoms with van der Waals surface area (Å²) in [5.74, 6) is 3.19. The number of anilines is 1. The van der Waals surface area contributed by atoms with Gasteiger partial charge in [0.15, 0.2) is 4.77 Å². The van der Waals surface area contributed by atoms with E-state index in [1.807, 2.05) is 4.57 Å². The van der Waals surface area contributed by atoms with E-state index in [0.29, 0.717) is 10.7 Å². The predicted octanol–water partition coefficient (Wildman–Crippen LogP) is 1.96. The van der Waals surface area contributed by atoms with Gasteiger partial charge in [0.2, 0.25) is 5.95 Å². The summed E-state index contributed by atoms with van der Waals surface area (Å²) in [5.41, 5.74) is 5.77. The lowest BCUT2D eigenvalue weighted by atomic mass is 9.89. The molecule has 2 aliphatic carbocycles. The summed E-state index contributed by atoms with van der Waals surface area (Å²) in [6.45, 7) is 0.961. The lowest BCUT2D eigenvalue weighted by Gasteiger charge is -2.21. The van der Waals surface area contributed by atoms with Crippen LogP contribution in [0.2, 0.25) is 0 Å². The molecule has 2 saturated carbocycles. The van der Waals surface area contributed by atoms with Crippen LogP contribution in [0.4, 0.5) is 5.95 Å². The van der Waals surface area contributed by atoms with Gasteiger partial charge in [-0.3, -0.25) is 4.57 Å². The molecule has 0 saturated heterocycles. The van der Waals surface area contributed by atoms with Crippen LogP contribution in [0.15, 0.2) is 0 Å². The van der Waals surface area contributed by atoms with Crippen molar-refractivity contribution in [2.75, 3.05) is 5.73 Å². The normalized spacial score (nSPS) is 33.7. The molecule has 1 aromatic rings. The average molecular weight is 224 g/mol. The Hall–Kier alpha value is -0.840. The number of rotatable bonds is 2. The van der Waals surface area contributed by atoms with Crippen LogP contribution in [0.5, 0.6) is 0 Å². The summed E-state index contributed by atoms with van der Waals surface area (Å²) in [5, 5.41) is 6.69. The van der Waals surface area contributed by atoms with Crippen LogP contribution in [0, 0.1) is 22.5 Å². The number of nitrogens with zero attached hydrogens (tertiary/aromatic N) is 2. The Bertz CT molecular complexity index is 421. The molecule has 0 amide bonds. The van der Waals surface area contributed by atoms with E-state index in [9.17, 15) is 0 Å². The lowest BCUT2D eigenvalue weighted by molar-refractivity contribution is 0.296. The third-order valence-corrected chi connectivity index (χ3v) is 4.40. The molecule has 5 heteroatoms. The van der Waals surface area contributed by atoms with E-state index in [0.717, 1.165) is 24.3 Å². The van der Waals surface area contributed by atoms with Crippen molar-refractivity contribution in [3.8, 4) is 0 Å². The highest BCUT2D eigenvalue weighted by atomic mass is 32.1. The molecular formula is C10H16N4S. The van der Waals surface area contributed by atoms with E-state index in [1.54, 1.807) is 0 Å². The van der Waals surface area contributed by atoms with E-state index in [-0.39, 0.29) is 0 Å². The van der Waals surface area contributed by atoms with Gasteiger partial charge in [0.25, 0.3) is 0 Å². The third kappa shape index (κ3) is 1.49. The number of aromatic amines is 1. The number of nitrogens with two attached hydrogens (primary N) is 1. The van der Waals surface area contributed by atoms with Crippen LogP contribution in [0.3, 0.4) is 0 Å². The molecule has 2 bridgehead atoms. The van der Waals surface area contributed by atoms with Crippen molar-refractivity contribution in [3.63, 3.8) is 0 Å². The Morgan fingerprint density at radius 1 is 1.47 bits per heavy atom. The first-order chi connectivity index (χ1) is 7.24. The highest BCUT2D eigenvalue weighted by Gasteiger charge is 2.39. The second-order valence-electron chi connectivity index (χ2n) is 4.93. The van der Waals surface area contributed by atoms with Crippen LogP contribution >= 0.6 is 12.2 Å². The van der Waals surface area contributed by atoms with Crippen molar-refractivity contribution in [2.45, 2.75) is 32.2 Å². The molecule has 0 aliphatic heterocycles. The Morgan fingerprint density at radius 3 is 2.87 bits per heavy atom. The van der Waals surface area contributed by atoms with Crippen LogP contribution in [-0.4, -0.2) is 14.8 Å². The summed E-state index contributed by atoms with van der Waals surface area (Å²) in [6.07, 6.45) is 5.63. The minimum absolute atomic E-state index is 0.530. The van der Waals surface area contributed by atoms with Gasteiger partial charge < -0.3 is 5.73 Å². The topological polar surface area (TPSA) is 59.6 Å². The quantitative estimate of drug-likeness (QED) is 0.755. The lowest BCUT2D eigenvalue weighted by Crippen LogP contribution is -2.18. The van der Waals surface area contributed by atoms with E-state index < -0.39 is 0 Å². The Labute approximate surface area is 93.9 Å². The van der Waals surface area contributed by atoms with Crippen LogP contribution in [0.25, 0.3) is 0 Å². The molecule has 3 atom stereocenters. The molecule has 1 heterocycles. The highest BCUT2D eigenvalue weighted by Crippen LogP contribution is 2.48. The number of hydrogen-bond acceptors (Lipinski definition) is 3. The summed E-state index contributed by atoms with van der Waals surface area (Å²) in [4.78, 5) is 0. The SMILES string of the molecule is Nc1n[nH]c(=S)n1CC1CC2CCC1C2. The first kappa shape index (κ1) is 9.39. The maximum absolute atomic E-state index is 5.77. The second-order valence-corrected chi connectivity index (χ2v) is 5.32. The molecule has 2 fully saturated rings. The van der Waals surface area contributed by atoms with Crippen LogP contribution < -0.4 is 5.73 Å². The van der Waals surface area contributed by atoms with Crippen molar-refractivity contribution in [2.24, 2.45) is 17.8 Å². The summed E-state index contributed by atoms with van der Waals surface area (Å²) in [6, 6.07) is 0. The standard InChI is InChI=1S/C10H16N4S/c11-9-12-13-10(15)14(9)5-8-4-6-1-2-7(8)3-6/h6-8H,1-5H2,(H2,11,12)(H,13,15). The Balaban J connectivity index is 1.79. The zero-order valence-corrected chi connectivity index (χ0v) is 9.46. The molecule has 1 aromatic heterocycles. The maximum atomic E-state index is 5.77. The van der Waals surface area contributed by atoms with E-state index >= 15 is 0 Å². The number of fused-ring (bicyclic) bond motifs is 2. The molecule has 0 radical (unpaired) electrons. The summed E-state index contributed by atoms with van der Waals surface area (Å²) < 4.78 is 2.61. The van der Waals surface area contributed by atoms with Gasteiger partial charge in [-0.25, -0.2) is 5.10 Å². The van der Waals surface area contributed by atoms with Gasteiger partial charge in [0.1, 0.15) is 0 Å². The van der Waals surface area contributed by atoms with Gasteiger partial charge in [-0.1, -0.05) is 6.42 Å². The van der Waals surface area contributed by atoms with Gasteiger partial charge in [-0.15, -0.1) is 5.10 Å². The number of hydrogen-bond donors (Lipinski definition) is 2. The van der Waals surface area contributed by atoms with Gasteiger partial charge >= 0.3 is 0 Å². The zero-order chi connectivity index (χ0) is 10.4. The third-order valence-electron chi connectivity index (χ3n) is 4.09. The van der Waals surface area contributed by atoms with Crippen molar-refractivity contribution in [3.05, 3.63) is 4.77 Å². The molecule has 0 aromatic carbocycles. The average Bonchev–Trinajstić information content (AvgIpc) is 2.89. The Kier molecular flexibility index (Phi) is 2.09. The van der Waals surface area contributed by atoms with Crippen molar-refractivity contribution in [1.29, 1.82) is 0 Å². The molecule has 3 N–H and O–H groups in total. The molecule has 15 heavy (non-hydrogen) atoms. The number of nitrogens with one attached hydrogen (secondary N) is 1. The summed E-state index contributed by atoms with van der Waals surface area (Å²) >= 11 is 5.16. The molecule has 3 rings (SSSR count). The van der Waals surface area contributed by atoms with E-state index in [4.69, 9.17) is 18.0 Å². The fourth-order valence-corrected chi connectivity index (χ4v) is 3.55. The smallest absolute Gasteiger partial charge is 0.220 e. The predicted molar refractivity (Wildman–Crippen MR) is 60.8 cm³/mol. The van der Waals surface area contributed by atoms with E-state index in [2.05, 4.69) is 10.2 Å². The van der Waals surface area contributed by atoms with Gasteiger partial charge in [-0.05, 0) is 49.2 Å². The zero-order valence-electron chi connectivity index (χ0n) is 8.65. The number of H-pyrrole nitrogens is 1. The van der Waals surface area contributed by atoms with Crippen molar-refractivity contribution < 1.29 is 0 Å². The van der Waals surface area contributed by atoms with Crippen LogP contribution in [-0.2, 0) is 6.54 Å². The molecule has 0 spiro atoms. The highest BCUT2D eigenvalue weighted by molar-refractivity contribution is 7.71. The minimum Gasteiger partial charge on any atom is -0.368 e. The Morgan fingerprint density at radius 2 is 2.33 bits per heavy atom. The largest absolute Gasteiger partial charge is 0.368 e. The molecule has 3 unspecified atom stereocenters. The fourth-order valence-electron chi connectivity index (χ4n) is 3.34. The maximum Gasteiger partial charge on any atom is 0.220 e. The number of aromatic nitrogens is 3. The molecular weight excluding hydrogens is 208 g/mol. The summed E-state index contributed by atoms with van der Waals surface area (Å²) in [7, 11) is 0. The van der Waals surface area contributed by atoms with Crippen LogP contribution in [0.1, 0.15) is 25.7 Å². The van der Waals surface area contributed by atoms with Gasteiger partial charge in [0.05, 0.1) is 0 Å². The minimum atomic E-state index is 0.530. The van der Waals surface area contributed by atoms with E-state index in [1.165, 1.54) is 25.7 Å². The first-order valence-corrected chi connectivity index (χ1v) is 6.05. The number of nitrogen functional groups attached to an aromatic ring is 1. The molecule has 82 valence electrons.